The van der Waals surface area contributed by atoms with Gasteiger partial charge in [0.05, 0.1) is 28.2 Å². The highest BCUT2D eigenvalue weighted by Crippen LogP contribution is 2.63. The summed E-state index contributed by atoms with van der Waals surface area (Å²) in [5, 5.41) is 0. The summed E-state index contributed by atoms with van der Waals surface area (Å²) in [6.07, 6.45) is 3.47. The molecule has 1 spiro atoms. The molecule has 9 aromatic carbocycles. The van der Waals surface area contributed by atoms with Crippen molar-refractivity contribution in [2.24, 2.45) is 0 Å². The highest BCUT2D eigenvalue weighted by molar-refractivity contribution is 5.97. The number of fused-ring (bicyclic) bond motifs is 9. The number of unbranched alkanes of at least 4 members (excludes halogenated alkanes) is 1. The highest BCUT2D eigenvalue weighted by atomic mass is 15.4. The number of hydrogen-bond acceptors (Lipinski definition) is 3. The number of nitrogens with one attached hydrogen (secondary N) is 2. The molecule has 0 fully saturated rings. The van der Waals surface area contributed by atoms with E-state index in [4.69, 9.17) is 0 Å². The lowest BCUT2D eigenvalue weighted by molar-refractivity contribution is 0.753. The van der Waals surface area contributed by atoms with Crippen LogP contribution in [0.15, 0.2) is 237 Å². The zero-order valence-electron chi connectivity index (χ0n) is 36.2. The molecule has 11 rings (SSSR count). The molecule has 0 bridgehead atoms. The number of hydrazine groups is 1. The lowest BCUT2D eigenvalue weighted by Gasteiger charge is -2.45. The number of hydrogen-bond donors (Lipinski definition) is 2. The first kappa shape index (κ1) is 40.2. The average Bonchev–Trinajstić information content (AvgIpc) is 3.66. The Hall–Kier alpha value is -7.88. The van der Waals surface area contributed by atoms with Crippen LogP contribution < -0.4 is 15.8 Å². The second-order valence-corrected chi connectivity index (χ2v) is 16.5. The SMILES string of the molecule is C=C(NNc1ccccc1)c1ccccc1.CCCCc1ccccc1-c1ccccc1-c1ccc2c(c1)C1(c3ccccc3-2)c2ccccc2N(c2ccccc2)c2ccccc21. The third-order valence-corrected chi connectivity index (χ3v) is 12.8. The van der Waals surface area contributed by atoms with Crippen molar-refractivity contribution in [1.29, 1.82) is 0 Å². The van der Waals surface area contributed by atoms with E-state index in [9.17, 15) is 0 Å². The van der Waals surface area contributed by atoms with Crippen LogP contribution in [-0.4, -0.2) is 0 Å². The number of aryl methyl sites for hydroxylation is 1. The topological polar surface area (TPSA) is 27.3 Å². The summed E-state index contributed by atoms with van der Waals surface area (Å²) >= 11 is 0. The van der Waals surface area contributed by atoms with Gasteiger partial charge in [-0.05, 0) is 122 Å². The number of nitrogens with zero attached hydrogens (tertiary/aromatic N) is 1. The second kappa shape index (κ2) is 17.8. The number of para-hydroxylation sites is 4. The minimum Gasteiger partial charge on any atom is -0.310 e. The van der Waals surface area contributed by atoms with E-state index in [1.54, 1.807) is 0 Å². The van der Waals surface area contributed by atoms with Gasteiger partial charge in [0.25, 0.3) is 0 Å². The minimum atomic E-state index is -0.464. The lowest BCUT2D eigenvalue weighted by atomic mass is 9.64. The van der Waals surface area contributed by atoms with Crippen LogP contribution in [0.5, 0.6) is 0 Å². The first-order chi connectivity index (χ1) is 31.7. The first-order valence-corrected chi connectivity index (χ1v) is 22.4. The van der Waals surface area contributed by atoms with Crippen LogP contribution in [0, 0.1) is 0 Å². The van der Waals surface area contributed by atoms with Crippen LogP contribution in [0.1, 0.15) is 53.1 Å². The maximum absolute atomic E-state index is 3.97. The molecule has 0 amide bonds. The summed E-state index contributed by atoms with van der Waals surface area (Å²) in [6, 6.07) is 83.1. The zero-order valence-corrected chi connectivity index (χ0v) is 36.2. The summed E-state index contributed by atoms with van der Waals surface area (Å²) in [5.74, 6) is 0. The van der Waals surface area contributed by atoms with E-state index in [2.05, 4.69) is 199 Å². The van der Waals surface area contributed by atoms with Gasteiger partial charge in [0.1, 0.15) is 0 Å². The monoisotopic (exact) mass is 825 g/mol. The molecule has 1 aliphatic heterocycles. The molecule has 310 valence electrons. The summed E-state index contributed by atoms with van der Waals surface area (Å²) in [6.45, 7) is 6.24. The number of benzene rings is 9. The van der Waals surface area contributed by atoms with E-state index in [1.807, 2.05) is 60.7 Å². The summed E-state index contributed by atoms with van der Waals surface area (Å²) < 4.78 is 0. The Labute approximate surface area is 378 Å². The Kier molecular flexibility index (Phi) is 11.2. The lowest BCUT2D eigenvalue weighted by Crippen LogP contribution is -2.36. The molecule has 2 N–H and O–H groups in total. The predicted molar refractivity (Wildman–Crippen MR) is 270 cm³/mol. The van der Waals surface area contributed by atoms with Crippen LogP contribution in [-0.2, 0) is 11.8 Å². The van der Waals surface area contributed by atoms with E-state index < -0.39 is 5.41 Å². The summed E-state index contributed by atoms with van der Waals surface area (Å²) in [4.78, 5) is 2.45. The second-order valence-electron chi connectivity index (χ2n) is 16.5. The number of rotatable bonds is 10. The molecule has 0 saturated carbocycles. The maximum Gasteiger partial charge on any atom is 0.0754 e. The maximum atomic E-state index is 3.97. The molecule has 0 aromatic heterocycles. The number of anilines is 4. The smallest absolute Gasteiger partial charge is 0.0754 e. The quantitative estimate of drug-likeness (QED) is 0.135. The third-order valence-electron chi connectivity index (χ3n) is 12.8. The molecule has 0 saturated heterocycles. The Balaban J connectivity index is 0.000000256. The third kappa shape index (κ3) is 7.25. The Morgan fingerprint density at radius 2 is 0.984 bits per heavy atom. The fourth-order valence-electron chi connectivity index (χ4n) is 9.85. The molecule has 9 aromatic rings. The largest absolute Gasteiger partial charge is 0.310 e. The molecule has 2 aliphatic rings. The molecular formula is C61H51N3. The molecule has 0 radical (unpaired) electrons. The normalized spacial score (nSPS) is 12.5. The Bertz CT molecular complexity index is 3020. The van der Waals surface area contributed by atoms with Crippen molar-refractivity contribution >= 4 is 28.4 Å². The van der Waals surface area contributed by atoms with Crippen LogP contribution in [0.2, 0.25) is 0 Å². The minimum absolute atomic E-state index is 0.464. The average molecular weight is 826 g/mol. The van der Waals surface area contributed by atoms with E-state index >= 15 is 0 Å². The van der Waals surface area contributed by atoms with Gasteiger partial charge in [0.15, 0.2) is 0 Å². The predicted octanol–water partition coefficient (Wildman–Crippen LogP) is 15.8. The molecule has 1 heterocycles. The van der Waals surface area contributed by atoms with Gasteiger partial charge in [-0.3, -0.25) is 0 Å². The fraction of sp³-hybridized carbons (Fsp3) is 0.0820. The van der Waals surface area contributed by atoms with Crippen molar-refractivity contribution in [2.75, 3.05) is 10.3 Å². The van der Waals surface area contributed by atoms with Gasteiger partial charge in [-0.2, -0.15) is 0 Å². The van der Waals surface area contributed by atoms with Crippen LogP contribution in [0.25, 0.3) is 39.1 Å². The van der Waals surface area contributed by atoms with Crippen LogP contribution in [0.3, 0.4) is 0 Å². The molecular weight excluding hydrogens is 775 g/mol. The van der Waals surface area contributed by atoms with Crippen molar-refractivity contribution in [1.82, 2.24) is 5.43 Å². The molecule has 1 aliphatic carbocycles. The van der Waals surface area contributed by atoms with E-state index in [0.29, 0.717) is 0 Å². The summed E-state index contributed by atoms with van der Waals surface area (Å²) in [7, 11) is 0. The van der Waals surface area contributed by atoms with Gasteiger partial charge in [0, 0.05) is 5.69 Å². The van der Waals surface area contributed by atoms with Gasteiger partial charge < -0.3 is 15.8 Å². The Morgan fingerprint density at radius 1 is 0.469 bits per heavy atom. The fourth-order valence-corrected chi connectivity index (χ4v) is 9.85. The zero-order chi connectivity index (χ0) is 43.3. The van der Waals surface area contributed by atoms with Crippen molar-refractivity contribution in [2.45, 2.75) is 31.6 Å². The Morgan fingerprint density at radius 3 is 1.66 bits per heavy atom. The van der Waals surface area contributed by atoms with Crippen LogP contribution >= 0.6 is 0 Å². The molecule has 0 unspecified atom stereocenters. The van der Waals surface area contributed by atoms with Gasteiger partial charge in [0.2, 0.25) is 0 Å². The highest BCUT2D eigenvalue weighted by Gasteiger charge is 2.51. The first-order valence-electron chi connectivity index (χ1n) is 22.4. The van der Waals surface area contributed by atoms with Crippen molar-refractivity contribution < 1.29 is 0 Å². The van der Waals surface area contributed by atoms with E-state index in [1.165, 1.54) is 91.1 Å². The van der Waals surface area contributed by atoms with Gasteiger partial charge >= 0.3 is 0 Å². The van der Waals surface area contributed by atoms with Crippen LogP contribution in [0.4, 0.5) is 22.7 Å². The van der Waals surface area contributed by atoms with Gasteiger partial charge in [-0.15, -0.1) is 0 Å². The molecule has 3 nitrogen and oxygen atoms in total. The van der Waals surface area contributed by atoms with Gasteiger partial charge in [-0.25, -0.2) is 0 Å². The van der Waals surface area contributed by atoms with Gasteiger partial charge in [-0.1, -0.05) is 208 Å². The van der Waals surface area contributed by atoms with Crippen molar-refractivity contribution in [3.8, 4) is 33.4 Å². The molecule has 64 heavy (non-hydrogen) atoms. The standard InChI is InChI=1S/C47H37N.C14H14N2/c1-2-3-17-33-18-7-8-21-36(33)38-23-10-9-22-37(38)34-30-31-40-39-24-11-12-25-41(39)47(44(40)32-34)42-26-13-15-28-45(42)48(35-19-5-4-6-20-35)46-29-16-14-27-43(46)47;1-12(13-8-4-2-5-9-13)15-16-14-10-6-3-7-11-14/h4-16,18-32H,2-3,17H2,1H3;2-11,15-16H,1H2. The summed E-state index contributed by atoms with van der Waals surface area (Å²) in [5.41, 5.74) is 26.8. The molecule has 0 atom stereocenters. The van der Waals surface area contributed by atoms with E-state index in [0.717, 1.165) is 23.4 Å². The van der Waals surface area contributed by atoms with Crippen molar-refractivity contribution in [3.05, 3.63) is 270 Å². The molecule has 3 heteroatoms. The van der Waals surface area contributed by atoms with E-state index in [-0.39, 0.29) is 0 Å². The van der Waals surface area contributed by atoms with Crippen molar-refractivity contribution in [3.63, 3.8) is 0 Å².